The molecule has 1 radical (unpaired) electrons. The molecule has 4 rings (SSSR count). The molecule has 0 saturated carbocycles. The second-order valence-electron chi connectivity index (χ2n) is 6.03. The minimum atomic E-state index is -0.126. The number of carbonyl (C=O) groups excluding carboxylic acids is 1. The Balaban J connectivity index is 1.40. The number of amides is 1. The van der Waals surface area contributed by atoms with Crippen LogP contribution in [-0.2, 0) is 11.2 Å². The third-order valence-electron chi connectivity index (χ3n) is 4.07. The fourth-order valence-electron chi connectivity index (χ4n) is 2.77. The number of nitrogens with zero attached hydrogens (tertiary/aromatic N) is 2. The van der Waals surface area contributed by atoms with Crippen LogP contribution in [0.25, 0.3) is 17.0 Å². The molecule has 1 aliphatic heterocycles. The summed E-state index contributed by atoms with van der Waals surface area (Å²) in [5.41, 5.74) is 3.18. The molecule has 133 valence electrons. The number of rotatable bonds is 5. The van der Waals surface area contributed by atoms with Crippen LogP contribution in [0.2, 0.25) is 10.2 Å². The van der Waals surface area contributed by atoms with Crippen LogP contribution in [0.3, 0.4) is 0 Å². The fourth-order valence-corrected chi connectivity index (χ4v) is 6.72. The van der Waals surface area contributed by atoms with Gasteiger partial charge >= 0.3 is 174 Å². The SMILES string of the molecule is O=C1N=C([As]CCc2cccc(Cl)c2)SC1=Cc1ccc2ncccc2c1. The monoisotopic (exact) mass is 453 g/mol. The minimum absolute atomic E-state index is 0.118. The van der Waals surface area contributed by atoms with Crippen molar-refractivity contribution in [1.82, 2.24) is 4.98 Å². The summed E-state index contributed by atoms with van der Waals surface area (Å²) >= 11 is 7.43. The molecule has 3 nitrogen and oxygen atoms in total. The van der Waals surface area contributed by atoms with Crippen molar-refractivity contribution >= 4 is 65.8 Å². The molecule has 1 amide bonds. The first-order valence-electron chi connectivity index (χ1n) is 8.47. The first-order chi connectivity index (χ1) is 13.2. The van der Waals surface area contributed by atoms with Gasteiger partial charge in [-0.1, -0.05) is 0 Å². The van der Waals surface area contributed by atoms with Gasteiger partial charge in [0.15, 0.2) is 0 Å². The summed E-state index contributed by atoms with van der Waals surface area (Å²) < 4.78 is 0.979. The fraction of sp³-hybridized carbons (Fsp3) is 0.0952. The summed E-state index contributed by atoms with van der Waals surface area (Å²) in [7, 11) is 0. The zero-order valence-corrected chi connectivity index (χ0v) is 17.8. The molecule has 0 aliphatic carbocycles. The van der Waals surface area contributed by atoms with E-state index in [0.29, 0.717) is 4.91 Å². The van der Waals surface area contributed by atoms with Gasteiger partial charge in [0.2, 0.25) is 0 Å². The van der Waals surface area contributed by atoms with E-state index in [1.54, 1.807) is 6.20 Å². The Morgan fingerprint density at radius 1 is 1.11 bits per heavy atom. The van der Waals surface area contributed by atoms with Crippen LogP contribution in [0.1, 0.15) is 11.1 Å². The van der Waals surface area contributed by atoms with Crippen LogP contribution in [0, 0.1) is 0 Å². The van der Waals surface area contributed by atoms with Gasteiger partial charge in [-0.05, 0) is 0 Å². The predicted octanol–water partition coefficient (Wildman–Crippen LogP) is 5.22. The summed E-state index contributed by atoms with van der Waals surface area (Å²) in [6.07, 6.45) is 4.67. The van der Waals surface area contributed by atoms with E-state index in [9.17, 15) is 4.79 Å². The van der Waals surface area contributed by atoms with E-state index in [0.717, 1.165) is 36.9 Å². The average molecular weight is 454 g/mol. The maximum absolute atomic E-state index is 12.2. The number of halogens is 1. The predicted molar refractivity (Wildman–Crippen MR) is 115 cm³/mol. The van der Waals surface area contributed by atoms with Gasteiger partial charge in [-0.15, -0.1) is 0 Å². The van der Waals surface area contributed by atoms with Crippen molar-refractivity contribution < 1.29 is 4.79 Å². The standard InChI is InChI=1S/C21H15AsClN2OS/c23-17-5-1-3-14(12-17)8-9-22-21-25-20(26)19(27-21)13-15-6-7-18-16(11-15)4-2-10-24-18/h1-7,10-13H,8-9H2. The van der Waals surface area contributed by atoms with Crippen LogP contribution in [-0.4, -0.2) is 30.5 Å². The van der Waals surface area contributed by atoms with E-state index < -0.39 is 0 Å². The third kappa shape index (κ3) is 4.70. The molecule has 0 bridgehead atoms. The summed E-state index contributed by atoms with van der Waals surface area (Å²) in [5, 5.41) is 2.86. The van der Waals surface area contributed by atoms with Crippen molar-refractivity contribution in [3.05, 3.63) is 81.8 Å². The molecule has 0 spiro atoms. The molecule has 0 atom stereocenters. The van der Waals surface area contributed by atoms with Crippen LogP contribution in [0.4, 0.5) is 0 Å². The van der Waals surface area contributed by atoms with Gasteiger partial charge < -0.3 is 0 Å². The molecular weight excluding hydrogens is 439 g/mol. The van der Waals surface area contributed by atoms with Gasteiger partial charge in [0.1, 0.15) is 0 Å². The molecule has 0 N–H and O–H groups in total. The summed E-state index contributed by atoms with van der Waals surface area (Å²) in [6.45, 7) is 0. The number of aromatic nitrogens is 1. The second-order valence-corrected chi connectivity index (χ2v) is 10.6. The first-order valence-corrected chi connectivity index (χ1v) is 11.9. The van der Waals surface area contributed by atoms with Gasteiger partial charge in [-0.2, -0.15) is 0 Å². The topological polar surface area (TPSA) is 42.3 Å². The Morgan fingerprint density at radius 2 is 2.04 bits per heavy atom. The van der Waals surface area contributed by atoms with E-state index >= 15 is 0 Å². The molecular formula is C21H15AsClN2OS. The molecule has 1 aromatic heterocycles. The molecule has 2 aromatic carbocycles. The molecule has 6 heteroatoms. The van der Waals surface area contributed by atoms with Gasteiger partial charge in [0.25, 0.3) is 0 Å². The molecule has 1 aliphatic rings. The van der Waals surface area contributed by atoms with E-state index in [2.05, 4.69) is 16.0 Å². The van der Waals surface area contributed by atoms with Crippen molar-refractivity contribution in [3.8, 4) is 0 Å². The second kappa shape index (κ2) is 8.43. The van der Waals surface area contributed by atoms with E-state index in [1.807, 2.05) is 54.6 Å². The molecule has 0 fully saturated rings. The average Bonchev–Trinajstić information content (AvgIpc) is 3.01. The van der Waals surface area contributed by atoms with Crippen molar-refractivity contribution in [2.45, 2.75) is 11.6 Å². The Kier molecular flexibility index (Phi) is 5.77. The third-order valence-corrected chi connectivity index (χ3v) is 8.05. The Bertz CT molecular complexity index is 1080. The van der Waals surface area contributed by atoms with Crippen molar-refractivity contribution in [3.63, 3.8) is 0 Å². The van der Waals surface area contributed by atoms with Gasteiger partial charge in [-0.3, -0.25) is 0 Å². The number of aryl methyl sites for hydroxylation is 1. The van der Waals surface area contributed by atoms with Gasteiger partial charge in [0.05, 0.1) is 0 Å². The summed E-state index contributed by atoms with van der Waals surface area (Å²) in [4.78, 5) is 21.5. The van der Waals surface area contributed by atoms with Crippen LogP contribution in [0.15, 0.2) is 70.7 Å². The van der Waals surface area contributed by atoms with E-state index in [-0.39, 0.29) is 21.7 Å². The first kappa shape index (κ1) is 18.5. The quantitative estimate of drug-likeness (QED) is 0.393. The number of hydrogen-bond acceptors (Lipinski definition) is 3. The van der Waals surface area contributed by atoms with Gasteiger partial charge in [-0.25, -0.2) is 0 Å². The number of carbonyl (C=O) groups is 1. The van der Waals surface area contributed by atoms with E-state index in [1.165, 1.54) is 17.3 Å². The van der Waals surface area contributed by atoms with Crippen LogP contribution >= 0.6 is 23.4 Å². The normalized spacial score (nSPS) is 16.0. The molecule has 0 unspecified atom stereocenters. The summed E-state index contributed by atoms with van der Waals surface area (Å²) in [6, 6.07) is 17.9. The maximum atomic E-state index is 12.2. The van der Waals surface area contributed by atoms with Crippen molar-refractivity contribution in [2.24, 2.45) is 4.99 Å². The van der Waals surface area contributed by atoms with Crippen molar-refractivity contribution in [1.29, 1.82) is 0 Å². The molecule has 2 heterocycles. The number of hydrogen-bond donors (Lipinski definition) is 0. The number of benzene rings is 2. The molecule has 27 heavy (non-hydrogen) atoms. The number of fused-ring (bicyclic) bond motifs is 1. The zero-order valence-electron chi connectivity index (χ0n) is 14.3. The Labute approximate surface area is 173 Å². The number of aliphatic imine (C=N–C) groups is 1. The van der Waals surface area contributed by atoms with E-state index in [4.69, 9.17) is 11.6 Å². The molecule has 3 aromatic rings. The Hall–Kier alpha value is -1.87. The van der Waals surface area contributed by atoms with Crippen molar-refractivity contribution in [2.75, 3.05) is 0 Å². The number of thioether (sulfide) groups is 1. The van der Waals surface area contributed by atoms with Crippen LogP contribution < -0.4 is 0 Å². The molecule has 0 saturated heterocycles. The Morgan fingerprint density at radius 3 is 2.93 bits per heavy atom. The number of pyridine rings is 1. The summed E-state index contributed by atoms with van der Waals surface area (Å²) in [5.74, 6) is -0.126. The van der Waals surface area contributed by atoms with Gasteiger partial charge in [0, 0.05) is 0 Å². The van der Waals surface area contributed by atoms with Crippen LogP contribution in [0.5, 0.6) is 0 Å². The zero-order chi connectivity index (χ0) is 18.6.